The van der Waals surface area contributed by atoms with Gasteiger partial charge in [-0.2, -0.15) is 11.8 Å². The van der Waals surface area contributed by atoms with Crippen LogP contribution in [0.2, 0.25) is 0 Å². The summed E-state index contributed by atoms with van der Waals surface area (Å²) < 4.78 is 0. The van der Waals surface area contributed by atoms with Crippen LogP contribution in [0.4, 0.5) is 0 Å². The Morgan fingerprint density at radius 3 is 2.67 bits per heavy atom. The molecule has 1 atom stereocenters. The van der Waals surface area contributed by atoms with Gasteiger partial charge in [0.15, 0.2) is 0 Å². The van der Waals surface area contributed by atoms with Crippen molar-refractivity contribution in [3.05, 3.63) is 0 Å². The highest BCUT2D eigenvalue weighted by Gasteiger charge is 2.40. The Hall–Kier alpha value is -0.260. The molecule has 1 unspecified atom stereocenters. The third-order valence-electron chi connectivity index (χ3n) is 5.48. The van der Waals surface area contributed by atoms with Gasteiger partial charge in [-0.05, 0) is 32.2 Å². The average molecular weight is 311 g/mol. The summed E-state index contributed by atoms with van der Waals surface area (Å²) in [7, 11) is 0. The van der Waals surface area contributed by atoms with Crippen molar-refractivity contribution in [1.82, 2.24) is 15.5 Å². The Labute approximate surface area is 132 Å². The summed E-state index contributed by atoms with van der Waals surface area (Å²) in [5.74, 6) is 2.97. The van der Waals surface area contributed by atoms with Gasteiger partial charge in [-0.15, -0.1) is 0 Å². The third kappa shape index (κ3) is 3.74. The number of hydrogen-bond donors (Lipinski definition) is 2. The van der Waals surface area contributed by atoms with Crippen molar-refractivity contribution in [2.45, 2.75) is 44.1 Å². The van der Waals surface area contributed by atoms with E-state index in [0.717, 1.165) is 32.5 Å². The Bertz CT molecular complexity index is 345. The van der Waals surface area contributed by atoms with E-state index < -0.39 is 0 Å². The maximum absolute atomic E-state index is 12.4. The molecule has 0 aromatic rings. The van der Waals surface area contributed by atoms with Gasteiger partial charge in [-0.25, -0.2) is 0 Å². The zero-order chi connectivity index (χ0) is 14.5. The fraction of sp³-hybridized carbons (Fsp3) is 0.938. The summed E-state index contributed by atoms with van der Waals surface area (Å²) in [6.07, 6.45) is 7.36. The van der Waals surface area contributed by atoms with E-state index in [-0.39, 0.29) is 17.4 Å². The van der Waals surface area contributed by atoms with Crippen LogP contribution in [0.15, 0.2) is 0 Å². The second kappa shape index (κ2) is 7.34. The van der Waals surface area contributed by atoms with Crippen LogP contribution in [-0.4, -0.2) is 60.6 Å². The molecule has 2 N–H and O–H groups in total. The molecule has 0 aromatic carbocycles. The van der Waals surface area contributed by atoms with Crippen LogP contribution < -0.4 is 10.6 Å². The molecule has 3 rings (SSSR count). The number of carbonyl (C=O) groups is 1. The minimum Gasteiger partial charge on any atom is -0.354 e. The Balaban J connectivity index is 1.56. The standard InChI is InChI=1S/C16H29N3OS/c20-15(14-4-3-7-17-12-14)18-13-16(5-1-2-6-16)19-8-10-21-11-9-19/h14,17H,1-13H2,(H,18,20). The van der Waals surface area contributed by atoms with Crippen molar-refractivity contribution in [2.24, 2.45) is 5.92 Å². The fourth-order valence-corrected chi connectivity index (χ4v) is 5.05. The number of carbonyl (C=O) groups excluding carboxylic acids is 1. The highest BCUT2D eigenvalue weighted by molar-refractivity contribution is 7.99. The van der Waals surface area contributed by atoms with Gasteiger partial charge in [0, 0.05) is 43.2 Å². The minimum atomic E-state index is 0.189. The quantitative estimate of drug-likeness (QED) is 0.825. The van der Waals surface area contributed by atoms with Crippen molar-refractivity contribution in [1.29, 1.82) is 0 Å². The molecule has 5 heteroatoms. The van der Waals surface area contributed by atoms with Crippen LogP contribution in [0, 0.1) is 5.92 Å². The molecule has 2 aliphatic heterocycles. The molecule has 120 valence electrons. The van der Waals surface area contributed by atoms with Crippen LogP contribution >= 0.6 is 11.8 Å². The maximum Gasteiger partial charge on any atom is 0.224 e. The van der Waals surface area contributed by atoms with Gasteiger partial charge in [0.2, 0.25) is 5.91 Å². The SMILES string of the molecule is O=C(NCC1(N2CCSCC2)CCCC1)C1CCCNC1. The van der Waals surface area contributed by atoms with Gasteiger partial charge in [0.1, 0.15) is 0 Å². The Morgan fingerprint density at radius 1 is 1.24 bits per heavy atom. The predicted molar refractivity (Wildman–Crippen MR) is 88.7 cm³/mol. The van der Waals surface area contributed by atoms with Crippen LogP contribution in [0.25, 0.3) is 0 Å². The summed E-state index contributed by atoms with van der Waals surface area (Å²) >= 11 is 2.07. The summed E-state index contributed by atoms with van der Waals surface area (Å²) in [6, 6.07) is 0. The normalized spacial score (nSPS) is 30.2. The third-order valence-corrected chi connectivity index (χ3v) is 6.42. The molecule has 1 amide bonds. The molecule has 2 saturated heterocycles. The van der Waals surface area contributed by atoms with Crippen LogP contribution in [-0.2, 0) is 4.79 Å². The number of amides is 1. The van der Waals surface area contributed by atoms with Crippen LogP contribution in [0.3, 0.4) is 0 Å². The number of nitrogens with one attached hydrogen (secondary N) is 2. The summed E-state index contributed by atoms with van der Waals surface area (Å²) in [5, 5.41) is 6.65. The number of piperidine rings is 1. The van der Waals surface area contributed by atoms with Gasteiger partial charge in [-0.1, -0.05) is 12.8 Å². The first kappa shape index (κ1) is 15.6. The zero-order valence-electron chi connectivity index (χ0n) is 13.0. The maximum atomic E-state index is 12.4. The van der Waals surface area contributed by atoms with Gasteiger partial charge in [-0.3, -0.25) is 9.69 Å². The van der Waals surface area contributed by atoms with E-state index in [1.807, 2.05) is 0 Å². The molecule has 0 radical (unpaired) electrons. The lowest BCUT2D eigenvalue weighted by atomic mass is 9.93. The van der Waals surface area contributed by atoms with E-state index in [9.17, 15) is 4.79 Å². The summed E-state index contributed by atoms with van der Waals surface area (Å²) in [5.41, 5.74) is 0.263. The molecule has 4 nitrogen and oxygen atoms in total. The molecule has 0 bridgehead atoms. The van der Waals surface area contributed by atoms with E-state index in [1.165, 1.54) is 50.3 Å². The molecule has 3 aliphatic rings. The van der Waals surface area contributed by atoms with Crippen LogP contribution in [0.5, 0.6) is 0 Å². The monoisotopic (exact) mass is 311 g/mol. The Kier molecular flexibility index (Phi) is 5.46. The van der Waals surface area contributed by atoms with Crippen LogP contribution in [0.1, 0.15) is 38.5 Å². The smallest absolute Gasteiger partial charge is 0.224 e. The van der Waals surface area contributed by atoms with Crippen molar-refractivity contribution in [3.8, 4) is 0 Å². The first-order chi connectivity index (χ1) is 10.3. The highest BCUT2D eigenvalue weighted by atomic mass is 32.2. The van der Waals surface area contributed by atoms with E-state index in [4.69, 9.17) is 0 Å². The van der Waals surface area contributed by atoms with Crippen molar-refractivity contribution in [2.75, 3.05) is 44.2 Å². The van der Waals surface area contributed by atoms with Crippen molar-refractivity contribution in [3.63, 3.8) is 0 Å². The lowest BCUT2D eigenvalue weighted by Crippen LogP contribution is -2.57. The predicted octanol–water partition coefficient (Wildman–Crippen LogP) is 1.46. The molecule has 1 aliphatic carbocycles. The van der Waals surface area contributed by atoms with Gasteiger partial charge < -0.3 is 10.6 Å². The Morgan fingerprint density at radius 2 is 2.00 bits per heavy atom. The van der Waals surface area contributed by atoms with E-state index >= 15 is 0 Å². The van der Waals surface area contributed by atoms with E-state index in [0.29, 0.717) is 0 Å². The average Bonchev–Trinajstić information content (AvgIpc) is 3.04. The lowest BCUT2D eigenvalue weighted by molar-refractivity contribution is -0.126. The second-order valence-electron chi connectivity index (χ2n) is 6.79. The highest BCUT2D eigenvalue weighted by Crippen LogP contribution is 2.36. The molecular weight excluding hydrogens is 282 g/mol. The first-order valence-corrected chi connectivity index (χ1v) is 9.77. The summed E-state index contributed by atoms with van der Waals surface area (Å²) in [6.45, 7) is 5.20. The lowest BCUT2D eigenvalue weighted by Gasteiger charge is -2.43. The van der Waals surface area contributed by atoms with Gasteiger partial charge in [0.05, 0.1) is 5.92 Å². The van der Waals surface area contributed by atoms with Gasteiger partial charge in [0.25, 0.3) is 0 Å². The van der Waals surface area contributed by atoms with E-state index in [2.05, 4.69) is 27.3 Å². The van der Waals surface area contributed by atoms with E-state index in [1.54, 1.807) is 0 Å². The minimum absolute atomic E-state index is 0.189. The molecular formula is C16H29N3OS. The number of nitrogens with zero attached hydrogens (tertiary/aromatic N) is 1. The first-order valence-electron chi connectivity index (χ1n) is 8.61. The molecule has 0 aromatic heterocycles. The van der Waals surface area contributed by atoms with Crippen molar-refractivity contribution < 1.29 is 4.79 Å². The molecule has 1 saturated carbocycles. The molecule has 0 spiro atoms. The largest absolute Gasteiger partial charge is 0.354 e. The molecule has 21 heavy (non-hydrogen) atoms. The summed E-state index contributed by atoms with van der Waals surface area (Å²) in [4.78, 5) is 15.1. The number of rotatable bonds is 4. The zero-order valence-corrected chi connectivity index (χ0v) is 13.8. The molecule has 2 heterocycles. The second-order valence-corrected chi connectivity index (χ2v) is 8.02. The molecule has 3 fully saturated rings. The number of thioether (sulfide) groups is 1. The van der Waals surface area contributed by atoms with Crippen molar-refractivity contribution >= 4 is 17.7 Å². The fourth-order valence-electron chi connectivity index (χ4n) is 4.15. The van der Waals surface area contributed by atoms with Gasteiger partial charge >= 0.3 is 0 Å². The number of hydrogen-bond acceptors (Lipinski definition) is 4. The topological polar surface area (TPSA) is 44.4 Å².